The van der Waals surface area contributed by atoms with Crippen molar-refractivity contribution in [2.24, 2.45) is 0 Å². The van der Waals surface area contributed by atoms with E-state index in [2.05, 4.69) is 4.98 Å². The highest BCUT2D eigenvalue weighted by Crippen LogP contribution is 2.22. The van der Waals surface area contributed by atoms with Crippen molar-refractivity contribution in [1.82, 2.24) is 4.98 Å². The van der Waals surface area contributed by atoms with Gasteiger partial charge in [0.1, 0.15) is 0 Å². The monoisotopic (exact) mass is 243 g/mol. The summed E-state index contributed by atoms with van der Waals surface area (Å²) in [6, 6.07) is 13.6. The molecule has 0 atom stereocenters. The van der Waals surface area contributed by atoms with Crippen molar-refractivity contribution in [3.8, 4) is 0 Å². The molecular formula is C14H13NOS. The fourth-order valence-electron chi connectivity index (χ4n) is 1.43. The smallest absolute Gasteiger partial charge is 0.159 e. The van der Waals surface area contributed by atoms with Crippen LogP contribution in [-0.2, 0) is 5.75 Å². The topological polar surface area (TPSA) is 30.0 Å². The SMILES string of the molecule is CC(=O)c1ccc(SCc2ccccn2)cc1. The van der Waals surface area contributed by atoms with Crippen molar-refractivity contribution in [3.05, 3.63) is 59.9 Å². The molecule has 86 valence electrons. The Kier molecular flexibility index (Phi) is 3.94. The minimum Gasteiger partial charge on any atom is -0.295 e. The molecule has 0 unspecified atom stereocenters. The Balaban J connectivity index is 1.98. The maximum absolute atomic E-state index is 11.1. The zero-order valence-electron chi connectivity index (χ0n) is 9.59. The first-order chi connectivity index (χ1) is 8.25. The fraction of sp³-hybridized carbons (Fsp3) is 0.143. The third-order valence-corrected chi connectivity index (χ3v) is 3.42. The molecule has 0 fully saturated rings. The minimum absolute atomic E-state index is 0.103. The van der Waals surface area contributed by atoms with E-state index in [1.165, 1.54) is 0 Å². The quantitative estimate of drug-likeness (QED) is 0.607. The molecule has 1 aromatic heterocycles. The van der Waals surface area contributed by atoms with Gasteiger partial charge in [-0.25, -0.2) is 0 Å². The molecule has 3 heteroatoms. The zero-order chi connectivity index (χ0) is 12.1. The first-order valence-corrected chi connectivity index (χ1v) is 6.38. The molecule has 2 rings (SSSR count). The third-order valence-electron chi connectivity index (χ3n) is 2.37. The summed E-state index contributed by atoms with van der Waals surface area (Å²) in [7, 11) is 0. The summed E-state index contributed by atoms with van der Waals surface area (Å²) in [6.07, 6.45) is 1.80. The lowest BCUT2D eigenvalue weighted by atomic mass is 10.2. The molecule has 0 radical (unpaired) electrons. The van der Waals surface area contributed by atoms with Gasteiger partial charge in [-0.2, -0.15) is 0 Å². The Morgan fingerprint density at radius 1 is 1.18 bits per heavy atom. The lowest BCUT2D eigenvalue weighted by Crippen LogP contribution is -1.90. The van der Waals surface area contributed by atoms with E-state index in [1.54, 1.807) is 24.9 Å². The Hall–Kier alpha value is -1.61. The van der Waals surface area contributed by atoms with E-state index in [0.29, 0.717) is 0 Å². The van der Waals surface area contributed by atoms with Crippen LogP contribution >= 0.6 is 11.8 Å². The van der Waals surface area contributed by atoms with Gasteiger partial charge in [-0.1, -0.05) is 18.2 Å². The molecule has 17 heavy (non-hydrogen) atoms. The van der Waals surface area contributed by atoms with Gasteiger partial charge in [0.15, 0.2) is 5.78 Å². The number of benzene rings is 1. The summed E-state index contributed by atoms with van der Waals surface area (Å²) in [4.78, 5) is 16.5. The summed E-state index contributed by atoms with van der Waals surface area (Å²) in [5.74, 6) is 0.951. The van der Waals surface area contributed by atoms with Crippen LogP contribution < -0.4 is 0 Å². The lowest BCUT2D eigenvalue weighted by Gasteiger charge is -2.02. The number of carbonyl (C=O) groups is 1. The van der Waals surface area contributed by atoms with Gasteiger partial charge in [0.25, 0.3) is 0 Å². The second-order valence-electron chi connectivity index (χ2n) is 3.69. The summed E-state index contributed by atoms with van der Waals surface area (Å²) >= 11 is 1.72. The van der Waals surface area contributed by atoms with Crippen molar-refractivity contribution >= 4 is 17.5 Å². The van der Waals surface area contributed by atoms with Crippen molar-refractivity contribution < 1.29 is 4.79 Å². The highest BCUT2D eigenvalue weighted by molar-refractivity contribution is 7.98. The van der Waals surface area contributed by atoms with Crippen LogP contribution in [0.4, 0.5) is 0 Å². The van der Waals surface area contributed by atoms with E-state index in [0.717, 1.165) is 21.9 Å². The van der Waals surface area contributed by atoms with Gasteiger partial charge < -0.3 is 0 Å². The number of aromatic nitrogens is 1. The zero-order valence-corrected chi connectivity index (χ0v) is 10.4. The standard InChI is InChI=1S/C14H13NOS/c1-11(16)12-5-7-14(8-6-12)17-10-13-4-2-3-9-15-13/h2-9H,10H2,1H3. The van der Waals surface area contributed by atoms with Gasteiger partial charge in [-0.15, -0.1) is 11.8 Å². The second-order valence-corrected chi connectivity index (χ2v) is 4.74. The van der Waals surface area contributed by atoms with Crippen molar-refractivity contribution in [1.29, 1.82) is 0 Å². The van der Waals surface area contributed by atoms with E-state index in [9.17, 15) is 4.79 Å². The van der Waals surface area contributed by atoms with E-state index < -0.39 is 0 Å². The molecule has 2 aromatic rings. The normalized spacial score (nSPS) is 10.2. The number of hydrogen-bond acceptors (Lipinski definition) is 3. The molecule has 0 N–H and O–H groups in total. The highest BCUT2D eigenvalue weighted by atomic mass is 32.2. The molecule has 1 heterocycles. The third kappa shape index (κ3) is 3.43. The van der Waals surface area contributed by atoms with Crippen molar-refractivity contribution in [2.75, 3.05) is 0 Å². The average Bonchev–Trinajstić information content (AvgIpc) is 2.38. The Bertz CT molecular complexity index is 493. The highest BCUT2D eigenvalue weighted by Gasteiger charge is 2.00. The number of nitrogens with zero attached hydrogens (tertiary/aromatic N) is 1. The predicted molar refractivity (Wildman–Crippen MR) is 70.2 cm³/mol. The maximum atomic E-state index is 11.1. The number of ketones is 1. The number of hydrogen-bond donors (Lipinski definition) is 0. The van der Waals surface area contributed by atoms with Crippen LogP contribution in [0.5, 0.6) is 0 Å². The van der Waals surface area contributed by atoms with Crippen LogP contribution in [0.25, 0.3) is 0 Å². The molecule has 0 saturated heterocycles. The van der Waals surface area contributed by atoms with E-state index >= 15 is 0 Å². The first-order valence-electron chi connectivity index (χ1n) is 5.39. The summed E-state index contributed by atoms with van der Waals surface area (Å²) in [5, 5.41) is 0. The molecular weight excluding hydrogens is 230 g/mol. The Morgan fingerprint density at radius 3 is 2.53 bits per heavy atom. The van der Waals surface area contributed by atoms with E-state index in [-0.39, 0.29) is 5.78 Å². The fourth-order valence-corrected chi connectivity index (χ4v) is 2.24. The molecule has 0 aliphatic carbocycles. The van der Waals surface area contributed by atoms with Crippen LogP contribution in [0.1, 0.15) is 23.0 Å². The molecule has 0 aliphatic heterocycles. The van der Waals surface area contributed by atoms with Crippen LogP contribution in [0, 0.1) is 0 Å². The van der Waals surface area contributed by atoms with Gasteiger partial charge >= 0.3 is 0 Å². The average molecular weight is 243 g/mol. The van der Waals surface area contributed by atoms with Crippen molar-refractivity contribution in [3.63, 3.8) is 0 Å². The van der Waals surface area contributed by atoms with Gasteiger partial charge in [-0.3, -0.25) is 9.78 Å². The minimum atomic E-state index is 0.103. The Labute approximate surface area is 105 Å². The van der Waals surface area contributed by atoms with Gasteiger partial charge in [0, 0.05) is 22.4 Å². The number of rotatable bonds is 4. The van der Waals surface area contributed by atoms with Crippen molar-refractivity contribution in [2.45, 2.75) is 17.6 Å². The maximum Gasteiger partial charge on any atom is 0.159 e. The molecule has 0 saturated carbocycles. The van der Waals surface area contributed by atoms with Gasteiger partial charge in [0.05, 0.1) is 5.69 Å². The number of carbonyl (C=O) groups excluding carboxylic acids is 1. The predicted octanol–water partition coefficient (Wildman–Crippen LogP) is 3.58. The summed E-state index contributed by atoms with van der Waals surface area (Å²) in [6.45, 7) is 1.58. The van der Waals surface area contributed by atoms with Crippen LogP contribution in [0.3, 0.4) is 0 Å². The Morgan fingerprint density at radius 2 is 1.94 bits per heavy atom. The van der Waals surface area contributed by atoms with Gasteiger partial charge in [0.2, 0.25) is 0 Å². The van der Waals surface area contributed by atoms with Crippen LogP contribution in [0.2, 0.25) is 0 Å². The first kappa shape index (κ1) is 11.9. The lowest BCUT2D eigenvalue weighted by molar-refractivity contribution is 0.101. The van der Waals surface area contributed by atoms with Crippen LogP contribution in [0.15, 0.2) is 53.6 Å². The largest absolute Gasteiger partial charge is 0.295 e. The summed E-state index contributed by atoms with van der Waals surface area (Å²) in [5.41, 5.74) is 1.82. The van der Waals surface area contributed by atoms with Crippen LogP contribution in [-0.4, -0.2) is 10.8 Å². The molecule has 2 nitrogen and oxygen atoms in total. The number of Topliss-reactive ketones (excluding diaryl/α,β-unsaturated/α-hetero) is 1. The molecule has 0 spiro atoms. The number of pyridine rings is 1. The van der Waals surface area contributed by atoms with E-state index in [4.69, 9.17) is 0 Å². The summed E-state index contributed by atoms with van der Waals surface area (Å²) < 4.78 is 0. The molecule has 0 aliphatic rings. The second kappa shape index (κ2) is 5.64. The number of thioether (sulfide) groups is 1. The molecule has 1 aromatic carbocycles. The van der Waals surface area contributed by atoms with Gasteiger partial charge in [-0.05, 0) is 31.2 Å². The molecule has 0 amide bonds. The van der Waals surface area contributed by atoms with E-state index in [1.807, 2.05) is 42.5 Å². The molecule has 0 bridgehead atoms.